The molecule has 0 aliphatic carbocycles. The zero-order chi connectivity index (χ0) is 16.1. The predicted octanol–water partition coefficient (Wildman–Crippen LogP) is 0.807. The second-order valence-electron chi connectivity index (χ2n) is 4.97. The SMILES string of the molecule is CCC(CN)Nc1cnc(C(N)=O)c(Nc2ccn(C)n2)c1. The van der Waals surface area contributed by atoms with E-state index < -0.39 is 5.91 Å². The number of aromatic nitrogens is 3. The maximum absolute atomic E-state index is 11.5. The minimum atomic E-state index is -0.601. The number of nitrogens with two attached hydrogens (primary N) is 2. The molecule has 2 aromatic heterocycles. The summed E-state index contributed by atoms with van der Waals surface area (Å²) in [6.45, 7) is 2.56. The zero-order valence-electron chi connectivity index (χ0n) is 12.7. The number of anilines is 3. The Morgan fingerprint density at radius 3 is 2.82 bits per heavy atom. The Bertz CT molecular complexity index is 648. The summed E-state index contributed by atoms with van der Waals surface area (Å²) < 4.78 is 1.66. The van der Waals surface area contributed by atoms with Crippen LogP contribution in [-0.2, 0) is 7.05 Å². The van der Waals surface area contributed by atoms with Gasteiger partial charge in [0, 0.05) is 31.9 Å². The van der Waals surface area contributed by atoms with Gasteiger partial charge in [0.1, 0.15) is 0 Å². The molecule has 0 fully saturated rings. The number of nitrogens with one attached hydrogen (secondary N) is 2. The highest BCUT2D eigenvalue weighted by molar-refractivity contribution is 5.97. The molecule has 0 saturated carbocycles. The smallest absolute Gasteiger partial charge is 0.269 e. The first-order valence-electron chi connectivity index (χ1n) is 7.06. The minimum absolute atomic E-state index is 0.143. The van der Waals surface area contributed by atoms with Crippen molar-refractivity contribution in [1.82, 2.24) is 14.8 Å². The van der Waals surface area contributed by atoms with Crippen molar-refractivity contribution < 1.29 is 4.79 Å². The maximum Gasteiger partial charge on any atom is 0.269 e. The van der Waals surface area contributed by atoms with Crippen LogP contribution in [0, 0.1) is 0 Å². The van der Waals surface area contributed by atoms with Crippen molar-refractivity contribution in [3.8, 4) is 0 Å². The second-order valence-corrected chi connectivity index (χ2v) is 4.97. The molecule has 1 atom stereocenters. The average molecular weight is 303 g/mol. The van der Waals surface area contributed by atoms with Gasteiger partial charge in [-0.1, -0.05) is 6.92 Å². The lowest BCUT2D eigenvalue weighted by Crippen LogP contribution is -2.28. The van der Waals surface area contributed by atoms with Crippen LogP contribution in [0.3, 0.4) is 0 Å². The summed E-state index contributed by atoms with van der Waals surface area (Å²) in [5, 5.41) is 10.5. The van der Waals surface area contributed by atoms with Gasteiger partial charge in [0.15, 0.2) is 11.5 Å². The van der Waals surface area contributed by atoms with Crippen molar-refractivity contribution in [2.24, 2.45) is 18.5 Å². The van der Waals surface area contributed by atoms with Gasteiger partial charge in [-0.25, -0.2) is 4.98 Å². The Morgan fingerprint density at radius 1 is 1.50 bits per heavy atom. The standard InChI is InChI=1S/C14H21N7O/c1-3-9(7-15)18-10-6-11(13(14(16)22)17-8-10)19-12-4-5-21(2)20-12/h4-6,8-9,18H,3,7,15H2,1-2H3,(H2,16,22)(H,19,20). The fourth-order valence-corrected chi connectivity index (χ4v) is 2.02. The number of aryl methyl sites for hydroxylation is 1. The molecular formula is C14H21N7O. The highest BCUT2D eigenvalue weighted by atomic mass is 16.1. The maximum atomic E-state index is 11.5. The second kappa shape index (κ2) is 6.90. The Hall–Kier alpha value is -2.61. The number of primary amides is 1. The summed E-state index contributed by atoms with van der Waals surface area (Å²) in [6, 6.07) is 3.71. The van der Waals surface area contributed by atoms with Crippen LogP contribution in [0.1, 0.15) is 23.8 Å². The quantitative estimate of drug-likeness (QED) is 0.600. The molecule has 118 valence electrons. The first-order valence-corrected chi connectivity index (χ1v) is 7.06. The molecule has 0 radical (unpaired) electrons. The van der Waals surface area contributed by atoms with E-state index in [-0.39, 0.29) is 11.7 Å². The molecule has 0 spiro atoms. The summed E-state index contributed by atoms with van der Waals surface area (Å²) >= 11 is 0. The van der Waals surface area contributed by atoms with E-state index in [0.717, 1.165) is 12.1 Å². The first kappa shape index (κ1) is 15.8. The summed E-state index contributed by atoms with van der Waals surface area (Å²) in [7, 11) is 1.81. The van der Waals surface area contributed by atoms with Gasteiger partial charge in [0.05, 0.1) is 17.6 Å². The van der Waals surface area contributed by atoms with E-state index in [1.165, 1.54) is 0 Å². The van der Waals surface area contributed by atoms with Gasteiger partial charge >= 0.3 is 0 Å². The molecule has 0 aliphatic rings. The van der Waals surface area contributed by atoms with Gasteiger partial charge in [0.25, 0.3) is 5.91 Å². The summed E-state index contributed by atoms with van der Waals surface area (Å²) in [4.78, 5) is 15.6. The van der Waals surface area contributed by atoms with E-state index >= 15 is 0 Å². The van der Waals surface area contributed by atoms with Gasteiger partial charge < -0.3 is 22.1 Å². The molecule has 1 amide bonds. The van der Waals surface area contributed by atoms with Crippen molar-refractivity contribution in [2.45, 2.75) is 19.4 Å². The van der Waals surface area contributed by atoms with Gasteiger partial charge in [-0.2, -0.15) is 5.10 Å². The molecule has 8 nitrogen and oxygen atoms in total. The van der Waals surface area contributed by atoms with Crippen molar-refractivity contribution in [1.29, 1.82) is 0 Å². The lowest BCUT2D eigenvalue weighted by molar-refractivity contribution is 0.0996. The van der Waals surface area contributed by atoms with E-state index in [2.05, 4.69) is 20.7 Å². The van der Waals surface area contributed by atoms with E-state index in [9.17, 15) is 4.79 Å². The molecule has 1 unspecified atom stereocenters. The van der Waals surface area contributed by atoms with Gasteiger partial charge in [-0.05, 0) is 12.5 Å². The summed E-state index contributed by atoms with van der Waals surface area (Å²) in [6.07, 6.45) is 4.25. The van der Waals surface area contributed by atoms with Crippen molar-refractivity contribution in [3.05, 3.63) is 30.2 Å². The van der Waals surface area contributed by atoms with Crippen LogP contribution in [0.2, 0.25) is 0 Å². The summed E-state index contributed by atoms with van der Waals surface area (Å²) in [5.74, 6) is 0.00524. The van der Waals surface area contributed by atoms with E-state index in [0.29, 0.717) is 18.1 Å². The number of carbonyl (C=O) groups excluding carboxylic acids is 1. The van der Waals surface area contributed by atoms with Crippen LogP contribution < -0.4 is 22.1 Å². The van der Waals surface area contributed by atoms with Crippen LogP contribution in [-0.4, -0.2) is 33.3 Å². The minimum Gasteiger partial charge on any atom is -0.380 e. The Morgan fingerprint density at radius 2 is 2.27 bits per heavy atom. The van der Waals surface area contributed by atoms with Gasteiger partial charge in [-0.3, -0.25) is 9.48 Å². The molecule has 0 saturated heterocycles. The fourth-order valence-electron chi connectivity index (χ4n) is 2.02. The van der Waals surface area contributed by atoms with Crippen molar-refractivity contribution in [3.63, 3.8) is 0 Å². The molecule has 6 N–H and O–H groups in total. The molecule has 8 heteroatoms. The molecule has 2 heterocycles. The highest BCUT2D eigenvalue weighted by Gasteiger charge is 2.13. The molecule has 2 aromatic rings. The molecular weight excluding hydrogens is 282 g/mol. The number of amides is 1. The third kappa shape index (κ3) is 3.73. The third-order valence-electron chi connectivity index (χ3n) is 3.25. The third-order valence-corrected chi connectivity index (χ3v) is 3.25. The molecule has 2 rings (SSSR count). The zero-order valence-corrected chi connectivity index (χ0v) is 12.7. The lowest BCUT2D eigenvalue weighted by Gasteiger charge is -2.17. The Labute approximate surface area is 128 Å². The number of pyridine rings is 1. The summed E-state index contributed by atoms with van der Waals surface area (Å²) in [5.41, 5.74) is 12.5. The van der Waals surface area contributed by atoms with Crippen molar-refractivity contribution >= 4 is 23.1 Å². The first-order chi connectivity index (χ1) is 10.5. The van der Waals surface area contributed by atoms with Crippen LogP contribution in [0.5, 0.6) is 0 Å². The number of nitrogens with zero attached hydrogens (tertiary/aromatic N) is 3. The van der Waals surface area contributed by atoms with Crippen LogP contribution in [0.25, 0.3) is 0 Å². The number of carbonyl (C=O) groups is 1. The molecule has 0 bridgehead atoms. The van der Waals surface area contributed by atoms with E-state index in [1.54, 1.807) is 29.2 Å². The molecule has 0 aromatic carbocycles. The van der Waals surface area contributed by atoms with Gasteiger partial charge in [0.2, 0.25) is 0 Å². The largest absolute Gasteiger partial charge is 0.380 e. The van der Waals surface area contributed by atoms with Crippen molar-refractivity contribution in [2.75, 3.05) is 17.2 Å². The van der Waals surface area contributed by atoms with Crippen LogP contribution in [0.15, 0.2) is 24.5 Å². The molecule has 0 aliphatic heterocycles. The Balaban J connectivity index is 2.29. The topological polar surface area (TPSA) is 124 Å². The Kier molecular flexibility index (Phi) is 4.95. The fraction of sp³-hybridized carbons (Fsp3) is 0.357. The number of rotatable bonds is 7. The highest BCUT2D eigenvalue weighted by Crippen LogP contribution is 2.22. The normalized spacial score (nSPS) is 12.0. The number of hydrogen-bond donors (Lipinski definition) is 4. The molecule has 22 heavy (non-hydrogen) atoms. The monoisotopic (exact) mass is 303 g/mol. The predicted molar refractivity (Wildman–Crippen MR) is 86.0 cm³/mol. The van der Waals surface area contributed by atoms with Crippen LogP contribution in [0.4, 0.5) is 17.2 Å². The number of hydrogen-bond acceptors (Lipinski definition) is 6. The van der Waals surface area contributed by atoms with E-state index in [1.807, 2.05) is 14.0 Å². The van der Waals surface area contributed by atoms with Crippen LogP contribution >= 0.6 is 0 Å². The van der Waals surface area contributed by atoms with Gasteiger partial charge in [-0.15, -0.1) is 0 Å². The lowest BCUT2D eigenvalue weighted by atomic mass is 10.2. The van der Waals surface area contributed by atoms with E-state index in [4.69, 9.17) is 11.5 Å². The average Bonchev–Trinajstić information content (AvgIpc) is 2.89.